The number of hydrogen-bond donors (Lipinski definition) is 2. The molecule has 0 spiro atoms. The SMILES string of the molecule is NCC1(c2cccc(OCc3ccccc3)c2O)CC1. The Hall–Kier alpha value is -2.00. The molecule has 0 radical (unpaired) electrons. The van der Waals surface area contributed by atoms with E-state index >= 15 is 0 Å². The zero-order valence-corrected chi connectivity index (χ0v) is 11.4. The summed E-state index contributed by atoms with van der Waals surface area (Å²) in [5.74, 6) is 0.775. The van der Waals surface area contributed by atoms with E-state index in [9.17, 15) is 5.11 Å². The van der Waals surface area contributed by atoms with Crippen LogP contribution >= 0.6 is 0 Å². The van der Waals surface area contributed by atoms with E-state index in [1.54, 1.807) is 6.07 Å². The van der Waals surface area contributed by atoms with Gasteiger partial charge in [-0.15, -0.1) is 0 Å². The molecule has 0 aliphatic heterocycles. The fourth-order valence-electron chi connectivity index (χ4n) is 2.54. The number of rotatable bonds is 5. The van der Waals surface area contributed by atoms with Crippen LogP contribution in [0.1, 0.15) is 24.0 Å². The van der Waals surface area contributed by atoms with Crippen LogP contribution in [0.3, 0.4) is 0 Å². The lowest BCUT2D eigenvalue weighted by atomic mass is 9.95. The number of aromatic hydroxyl groups is 1. The summed E-state index contributed by atoms with van der Waals surface area (Å²) in [5, 5.41) is 10.4. The Labute approximate surface area is 119 Å². The number of nitrogens with two attached hydrogens (primary N) is 1. The maximum Gasteiger partial charge on any atom is 0.161 e. The van der Waals surface area contributed by atoms with Crippen LogP contribution in [0.15, 0.2) is 48.5 Å². The molecule has 1 aliphatic carbocycles. The Kier molecular flexibility index (Phi) is 3.36. The van der Waals surface area contributed by atoms with Crippen LogP contribution in [0, 0.1) is 0 Å². The van der Waals surface area contributed by atoms with Crippen molar-refractivity contribution < 1.29 is 9.84 Å². The van der Waals surface area contributed by atoms with E-state index in [0.29, 0.717) is 18.9 Å². The third-order valence-corrected chi connectivity index (χ3v) is 4.05. The maximum absolute atomic E-state index is 10.4. The van der Waals surface area contributed by atoms with Crippen molar-refractivity contribution in [3.63, 3.8) is 0 Å². The summed E-state index contributed by atoms with van der Waals surface area (Å²) in [5.41, 5.74) is 7.80. The minimum atomic E-state index is -0.0315. The van der Waals surface area contributed by atoms with Gasteiger partial charge in [0.25, 0.3) is 0 Å². The minimum absolute atomic E-state index is 0.0315. The van der Waals surface area contributed by atoms with Gasteiger partial charge >= 0.3 is 0 Å². The Morgan fingerprint density at radius 2 is 1.80 bits per heavy atom. The Morgan fingerprint density at radius 3 is 2.45 bits per heavy atom. The van der Waals surface area contributed by atoms with Crippen LogP contribution in [-0.2, 0) is 12.0 Å². The molecule has 1 saturated carbocycles. The first kappa shape index (κ1) is 13.0. The van der Waals surface area contributed by atoms with E-state index in [1.807, 2.05) is 42.5 Å². The van der Waals surface area contributed by atoms with Crippen molar-refractivity contribution in [2.45, 2.75) is 24.9 Å². The third kappa shape index (κ3) is 2.37. The Morgan fingerprint density at radius 1 is 1.05 bits per heavy atom. The van der Waals surface area contributed by atoms with Gasteiger partial charge in [0.15, 0.2) is 11.5 Å². The second-order valence-corrected chi connectivity index (χ2v) is 5.41. The second-order valence-electron chi connectivity index (χ2n) is 5.41. The number of phenolic OH excluding ortho intramolecular Hbond substituents is 1. The number of hydrogen-bond acceptors (Lipinski definition) is 3. The molecule has 3 N–H and O–H groups in total. The summed E-state index contributed by atoms with van der Waals surface area (Å²) >= 11 is 0. The van der Waals surface area contributed by atoms with Gasteiger partial charge in [-0.25, -0.2) is 0 Å². The topological polar surface area (TPSA) is 55.5 Å². The normalized spacial score (nSPS) is 15.8. The first-order valence-electron chi connectivity index (χ1n) is 6.94. The van der Waals surface area contributed by atoms with Crippen LogP contribution in [0.2, 0.25) is 0 Å². The highest BCUT2D eigenvalue weighted by Crippen LogP contribution is 2.52. The summed E-state index contributed by atoms with van der Waals surface area (Å²) in [6.07, 6.45) is 2.08. The lowest BCUT2D eigenvalue weighted by molar-refractivity contribution is 0.287. The van der Waals surface area contributed by atoms with Crippen molar-refractivity contribution >= 4 is 0 Å². The van der Waals surface area contributed by atoms with Gasteiger partial charge < -0.3 is 15.6 Å². The summed E-state index contributed by atoms with van der Waals surface area (Å²) in [6, 6.07) is 15.6. The first-order chi connectivity index (χ1) is 9.75. The molecule has 0 bridgehead atoms. The number of phenols is 1. The molecule has 20 heavy (non-hydrogen) atoms. The van der Waals surface area contributed by atoms with E-state index in [4.69, 9.17) is 10.5 Å². The van der Waals surface area contributed by atoms with Gasteiger partial charge in [-0.3, -0.25) is 0 Å². The lowest BCUT2D eigenvalue weighted by Gasteiger charge is -2.17. The van der Waals surface area contributed by atoms with Gasteiger partial charge in [0.1, 0.15) is 6.61 Å². The molecule has 0 heterocycles. The zero-order valence-electron chi connectivity index (χ0n) is 11.4. The van der Waals surface area contributed by atoms with Crippen molar-refractivity contribution in [2.24, 2.45) is 5.73 Å². The molecule has 2 aromatic carbocycles. The predicted octanol–water partition coefficient (Wildman–Crippen LogP) is 2.96. The van der Waals surface area contributed by atoms with E-state index in [2.05, 4.69) is 0 Å². The molecule has 0 atom stereocenters. The molecule has 2 aromatic rings. The Bertz CT molecular complexity index is 591. The molecule has 0 amide bonds. The van der Waals surface area contributed by atoms with Crippen molar-refractivity contribution in [1.82, 2.24) is 0 Å². The molecule has 0 saturated heterocycles. The lowest BCUT2D eigenvalue weighted by Crippen LogP contribution is -2.19. The predicted molar refractivity (Wildman–Crippen MR) is 78.8 cm³/mol. The van der Waals surface area contributed by atoms with Crippen molar-refractivity contribution in [3.05, 3.63) is 59.7 Å². The standard InChI is InChI=1S/C17H19NO2/c18-12-17(9-10-17)14-7-4-8-15(16(14)19)20-11-13-5-2-1-3-6-13/h1-8,19H,9-12,18H2. The number of ether oxygens (including phenoxy) is 1. The number of para-hydroxylation sites is 1. The summed E-state index contributed by atoms with van der Waals surface area (Å²) in [4.78, 5) is 0. The minimum Gasteiger partial charge on any atom is -0.504 e. The second kappa shape index (κ2) is 5.17. The van der Waals surface area contributed by atoms with Gasteiger partial charge in [0.2, 0.25) is 0 Å². The zero-order chi connectivity index (χ0) is 14.0. The first-order valence-corrected chi connectivity index (χ1v) is 6.94. The fraction of sp³-hybridized carbons (Fsp3) is 0.294. The van der Waals surface area contributed by atoms with Gasteiger partial charge in [-0.1, -0.05) is 42.5 Å². The third-order valence-electron chi connectivity index (χ3n) is 4.05. The van der Waals surface area contributed by atoms with Crippen LogP contribution < -0.4 is 10.5 Å². The molecule has 1 fully saturated rings. The van der Waals surface area contributed by atoms with E-state index in [1.165, 1.54) is 0 Å². The highest BCUT2D eigenvalue weighted by atomic mass is 16.5. The monoisotopic (exact) mass is 269 g/mol. The average Bonchev–Trinajstić information content (AvgIpc) is 3.28. The van der Waals surface area contributed by atoms with Gasteiger partial charge in [-0.2, -0.15) is 0 Å². The largest absolute Gasteiger partial charge is 0.504 e. The molecule has 1 aliphatic rings. The average molecular weight is 269 g/mol. The van der Waals surface area contributed by atoms with Gasteiger partial charge in [0, 0.05) is 17.5 Å². The molecular weight excluding hydrogens is 250 g/mol. The van der Waals surface area contributed by atoms with Gasteiger partial charge in [-0.05, 0) is 24.5 Å². The van der Waals surface area contributed by atoms with Crippen molar-refractivity contribution in [2.75, 3.05) is 6.54 Å². The van der Waals surface area contributed by atoms with Gasteiger partial charge in [0.05, 0.1) is 0 Å². The van der Waals surface area contributed by atoms with Crippen LogP contribution in [0.5, 0.6) is 11.5 Å². The summed E-state index contributed by atoms with van der Waals surface area (Å²) in [6.45, 7) is 1.02. The molecular formula is C17H19NO2. The quantitative estimate of drug-likeness (QED) is 0.877. The molecule has 3 nitrogen and oxygen atoms in total. The summed E-state index contributed by atoms with van der Waals surface area (Å²) in [7, 11) is 0. The van der Waals surface area contributed by atoms with E-state index < -0.39 is 0 Å². The fourth-order valence-corrected chi connectivity index (χ4v) is 2.54. The highest BCUT2D eigenvalue weighted by Gasteiger charge is 2.45. The molecule has 104 valence electrons. The van der Waals surface area contributed by atoms with E-state index in [0.717, 1.165) is 24.0 Å². The van der Waals surface area contributed by atoms with Crippen molar-refractivity contribution in [1.29, 1.82) is 0 Å². The highest BCUT2D eigenvalue weighted by molar-refractivity contribution is 5.51. The van der Waals surface area contributed by atoms with E-state index in [-0.39, 0.29) is 11.2 Å². The molecule has 3 heteroatoms. The van der Waals surface area contributed by atoms with Crippen LogP contribution in [0.25, 0.3) is 0 Å². The molecule has 0 unspecified atom stereocenters. The smallest absolute Gasteiger partial charge is 0.161 e. The maximum atomic E-state index is 10.4. The van der Waals surface area contributed by atoms with Crippen LogP contribution in [0.4, 0.5) is 0 Å². The molecule has 0 aromatic heterocycles. The van der Waals surface area contributed by atoms with Crippen LogP contribution in [-0.4, -0.2) is 11.7 Å². The number of benzene rings is 2. The summed E-state index contributed by atoms with van der Waals surface area (Å²) < 4.78 is 5.74. The molecule has 3 rings (SSSR count). The Balaban J connectivity index is 1.79. The van der Waals surface area contributed by atoms with Crippen molar-refractivity contribution in [3.8, 4) is 11.5 Å².